The maximum atomic E-state index is 12.8. The zero-order valence-electron chi connectivity index (χ0n) is 16.5. The fourth-order valence-corrected chi connectivity index (χ4v) is 4.30. The molecule has 1 aromatic rings. The van der Waals surface area contributed by atoms with Crippen molar-refractivity contribution in [1.82, 2.24) is 15.5 Å². The molecule has 2 unspecified atom stereocenters. The van der Waals surface area contributed by atoms with E-state index in [0.29, 0.717) is 17.0 Å². The molecule has 1 heterocycles. The van der Waals surface area contributed by atoms with Gasteiger partial charge in [0.25, 0.3) is 5.91 Å². The number of halogens is 2. The number of piperidine rings is 1. The summed E-state index contributed by atoms with van der Waals surface area (Å²) in [5.41, 5.74) is 0.314. The maximum absolute atomic E-state index is 12.8. The van der Waals surface area contributed by atoms with E-state index >= 15 is 0 Å². The van der Waals surface area contributed by atoms with Gasteiger partial charge >= 0.3 is 0 Å². The van der Waals surface area contributed by atoms with Crippen LogP contribution < -0.4 is 10.6 Å². The fourth-order valence-electron chi connectivity index (χ4n) is 3.33. The van der Waals surface area contributed by atoms with Crippen LogP contribution in [-0.4, -0.2) is 60.4 Å². The molecule has 2 rings (SSSR count). The number of thioether (sulfide) groups is 1. The van der Waals surface area contributed by atoms with Crippen molar-refractivity contribution in [2.24, 2.45) is 0 Å². The summed E-state index contributed by atoms with van der Waals surface area (Å²) >= 11 is 13.7. The topological polar surface area (TPSA) is 61.4 Å². The van der Waals surface area contributed by atoms with E-state index in [1.807, 2.05) is 13.2 Å². The highest BCUT2D eigenvalue weighted by Gasteiger charge is 2.24. The monoisotopic (exact) mass is 445 g/mol. The number of rotatable bonds is 9. The van der Waals surface area contributed by atoms with Gasteiger partial charge in [-0.05, 0) is 69.5 Å². The Morgan fingerprint density at radius 2 is 1.89 bits per heavy atom. The predicted octanol–water partition coefficient (Wildman–Crippen LogP) is 3.84. The van der Waals surface area contributed by atoms with Crippen LogP contribution in [0.25, 0.3) is 0 Å². The highest BCUT2D eigenvalue weighted by molar-refractivity contribution is 7.98. The second-order valence-corrected chi connectivity index (χ2v) is 9.03. The van der Waals surface area contributed by atoms with E-state index in [4.69, 9.17) is 23.2 Å². The minimum atomic E-state index is -0.601. The molecule has 2 amide bonds. The molecule has 28 heavy (non-hydrogen) atoms. The summed E-state index contributed by atoms with van der Waals surface area (Å²) < 4.78 is 0. The molecule has 2 N–H and O–H groups in total. The number of hydrogen-bond donors (Lipinski definition) is 2. The van der Waals surface area contributed by atoms with Gasteiger partial charge in [-0.15, -0.1) is 0 Å². The van der Waals surface area contributed by atoms with E-state index in [0.717, 1.165) is 25.4 Å². The molecule has 0 spiro atoms. The lowest BCUT2D eigenvalue weighted by atomic mass is 10.1. The van der Waals surface area contributed by atoms with Crippen LogP contribution in [0.5, 0.6) is 0 Å². The van der Waals surface area contributed by atoms with E-state index in [9.17, 15) is 9.59 Å². The quantitative estimate of drug-likeness (QED) is 0.605. The average Bonchev–Trinajstić information content (AvgIpc) is 2.65. The largest absolute Gasteiger partial charge is 0.351 e. The lowest BCUT2D eigenvalue weighted by molar-refractivity contribution is -0.123. The van der Waals surface area contributed by atoms with Crippen LogP contribution in [0, 0.1) is 0 Å². The van der Waals surface area contributed by atoms with Gasteiger partial charge in [-0.3, -0.25) is 9.59 Å². The lowest BCUT2D eigenvalue weighted by Crippen LogP contribution is -2.52. The molecular weight excluding hydrogens is 417 g/mol. The first-order valence-corrected chi connectivity index (χ1v) is 11.8. The van der Waals surface area contributed by atoms with Crippen molar-refractivity contribution in [3.05, 3.63) is 33.8 Å². The smallest absolute Gasteiger partial charge is 0.253 e. The zero-order valence-corrected chi connectivity index (χ0v) is 18.8. The molecule has 0 radical (unpaired) electrons. The molecule has 1 aliphatic heterocycles. The Labute approximate surface area is 181 Å². The molecule has 5 nitrogen and oxygen atoms in total. The Hall–Kier alpha value is -0.950. The minimum absolute atomic E-state index is 0.0263. The minimum Gasteiger partial charge on any atom is -0.351 e. The predicted molar refractivity (Wildman–Crippen MR) is 119 cm³/mol. The number of hydrogen-bond acceptors (Lipinski definition) is 4. The Morgan fingerprint density at radius 3 is 2.54 bits per heavy atom. The van der Waals surface area contributed by atoms with Crippen LogP contribution in [0.4, 0.5) is 0 Å². The highest BCUT2D eigenvalue weighted by Crippen LogP contribution is 2.21. The highest BCUT2D eigenvalue weighted by atomic mass is 35.5. The van der Waals surface area contributed by atoms with Gasteiger partial charge in [-0.2, -0.15) is 11.8 Å². The second-order valence-electron chi connectivity index (χ2n) is 7.20. The summed E-state index contributed by atoms with van der Waals surface area (Å²) in [6, 6.07) is 4.13. The fraction of sp³-hybridized carbons (Fsp3) is 0.600. The number of likely N-dealkylation sites (tertiary alicyclic amines) is 1. The lowest BCUT2D eigenvalue weighted by Gasteiger charge is -2.30. The van der Waals surface area contributed by atoms with E-state index < -0.39 is 6.04 Å². The number of nitrogens with zero attached hydrogens (tertiary/aromatic N) is 1. The summed E-state index contributed by atoms with van der Waals surface area (Å²) in [7, 11) is 0. The Kier molecular flexibility index (Phi) is 9.92. The van der Waals surface area contributed by atoms with Crippen LogP contribution >= 0.6 is 35.0 Å². The van der Waals surface area contributed by atoms with Crippen molar-refractivity contribution in [2.45, 2.75) is 44.7 Å². The van der Waals surface area contributed by atoms with Gasteiger partial charge in [0.05, 0.1) is 10.6 Å². The molecule has 1 saturated heterocycles. The number of carbonyl (C=O) groups is 2. The summed E-state index contributed by atoms with van der Waals surface area (Å²) in [6.45, 7) is 5.01. The molecule has 1 fully saturated rings. The Bertz CT molecular complexity index is 669. The standard InChI is InChI=1S/C20H29Cl2N3O2S/c1-14(13-25-9-4-3-5-10-25)23-20(27)18(8-11-28-2)24-19(26)16-7-6-15(21)12-17(16)22/h6-7,12,14,18H,3-5,8-11,13H2,1-2H3,(H,23,27)(H,24,26). The molecule has 1 aromatic carbocycles. The van der Waals surface area contributed by atoms with Gasteiger partial charge in [0, 0.05) is 17.6 Å². The van der Waals surface area contributed by atoms with Gasteiger partial charge in [0.15, 0.2) is 0 Å². The molecule has 0 aliphatic carbocycles. The molecule has 0 saturated carbocycles. The van der Waals surface area contributed by atoms with Gasteiger partial charge < -0.3 is 15.5 Å². The average molecular weight is 446 g/mol. The molecule has 0 aromatic heterocycles. The molecular formula is C20H29Cl2N3O2S. The first kappa shape index (κ1) is 23.3. The Morgan fingerprint density at radius 1 is 1.18 bits per heavy atom. The van der Waals surface area contributed by atoms with Crippen molar-refractivity contribution in [3.63, 3.8) is 0 Å². The van der Waals surface area contributed by atoms with Gasteiger partial charge in [0.2, 0.25) is 5.91 Å². The van der Waals surface area contributed by atoms with Crippen LogP contribution in [0.2, 0.25) is 10.0 Å². The normalized spacial score (nSPS) is 17.0. The van der Waals surface area contributed by atoms with Crippen LogP contribution in [0.1, 0.15) is 43.0 Å². The molecule has 156 valence electrons. The third-order valence-electron chi connectivity index (χ3n) is 4.78. The molecule has 1 aliphatic rings. The Balaban J connectivity index is 1.96. The van der Waals surface area contributed by atoms with E-state index in [1.54, 1.807) is 23.9 Å². The van der Waals surface area contributed by atoms with E-state index in [1.165, 1.54) is 25.3 Å². The maximum Gasteiger partial charge on any atom is 0.253 e. The van der Waals surface area contributed by atoms with Gasteiger partial charge in [0.1, 0.15) is 6.04 Å². The third kappa shape index (κ3) is 7.47. The van der Waals surface area contributed by atoms with E-state index in [-0.39, 0.29) is 22.9 Å². The molecule has 2 atom stereocenters. The summed E-state index contributed by atoms with van der Waals surface area (Å²) in [5, 5.41) is 6.62. The molecule has 8 heteroatoms. The van der Waals surface area contributed by atoms with E-state index in [2.05, 4.69) is 15.5 Å². The second kappa shape index (κ2) is 11.9. The number of benzene rings is 1. The van der Waals surface area contributed by atoms with Crippen molar-refractivity contribution >= 4 is 46.8 Å². The summed E-state index contributed by atoms with van der Waals surface area (Å²) in [6.07, 6.45) is 6.25. The van der Waals surface area contributed by atoms with Crippen LogP contribution in [0.15, 0.2) is 18.2 Å². The first-order valence-electron chi connectivity index (χ1n) is 9.68. The zero-order chi connectivity index (χ0) is 20.5. The van der Waals surface area contributed by atoms with Crippen molar-refractivity contribution in [2.75, 3.05) is 31.6 Å². The number of amides is 2. The van der Waals surface area contributed by atoms with Gasteiger partial charge in [-0.1, -0.05) is 29.6 Å². The van der Waals surface area contributed by atoms with Crippen molar-refractivity contribution < 1.29 is 9.59 Å². The van der Waals surface area contributed by atoms with Crippen LogP contribution in [0.3, 0.4) is 0 Å². The number of nitrogens with one attached hydrogen (secondary N) is 2. The summed E-state index contributed by atoms with van der Waals surface area (Å²) in [5.74, 6) is 0.247. The van der Waals surface area contributed by atoms with Crippen molar-refractivity contribution in [1.29, 1.82) is 0 Å². The molecule has 0 bridgehead atoms. The van der Waals surface area contributed by atoms with Crippen molar-refractivity contribution in [3.8, 4) is 0 Å². The SMILES string of the molecule is CSCCC(NC(=O)c1ccc(Cl)cc1Cl)C(=O)NC(C)CN1CCCCC1. The third-order valence-corrected chi connectivity index (χ3v) is 5.97. The van der Waals surface area contributed by atoms with Gasteiger partial charge in [-0.25, -0.2) is 0 Å². The first-order chi connectivity index (χ1) is 13.4. The van der Waals surface area contributed by atoms with Crippen LogP contribution in [-0.2, 0) is 4.79 Å². The number of carbonyl (C=O) groups excluding carboxylic acids is 2. The summed E-state index contributed by atoms with van der Waals surface area (Å²) in [4.78, 5) is 27.8.